The molecule has 0 heterocycles. The fourth-order valence-electron chi connectivity index (χ4n) is 2.90. The molecule has 5 heteroatoms. The number of anilines is 1. The average Bonchev–Trinajstić information content (AvgIpc) is 2.53. The second-order valence-electron chi connectivity index (χ2n) is 6.40. The van der Waals surface area contributed by atoms with Gasteiger partial charge in [0.05, 0.1) is 17.5 Å². The van der Waals surface area contributed by atoms with Crippen LogP contribution in [0.1, 0.15) is 23.6 Å². The summed E-state index contributed by atoms with van der Waals surface area (Å²) in [6.45, 7) is 5.59. The molecule has 4 nitrogen and oxygen atoms in total. The Hall–Kier alpha value is -1.89. The molecule has 2 rings (SSSR count). The summed E-state index contributed by atoms with van der Waals surface area (Å²) in [5, 5.41) is 12.3. The van der Waals surface area contributed by atoms with E-state index < -0.39 is 17.8 Å². The van der Waals surface area contributed by atoms with Crippen LogP contribution in [0.15, 0.2) is 42.5 Å². The van der Waals surface area contributed by atoms with Crippen LogP contribution >= 0.6 is 22.6 Å². The lowest BCUT2D eigenvalue weighted by molar-refractivity contribution is -0.145. The Kier molecular flexibility index (Phi) is 6.58. The largest absolute Gasteiger partial charge is 0.481 e. The fourth-order valence-corrected chi connectivity index (χ4v) is 3.42. The highest BCUT2D eigenvalue weighted by Gasteiger charge is 2.30. The van der Waals surface area contributed by atoms with Crippen LogP contribution in [-0.4, -0.2) is 17.0 Å². The zero-order valence-corrected chi connectivity index (χ0v) is 16.7. The zero-order valence-electron chi connectivity index (χ0n) is 14.5. The minimum absolute atomic E-state index is 0.266. The molecule has 2 aromatic rings. The number of hydrogen-bond donors (Lipinski definition) is 2. The van der Waals surface area contributed by atoms with Gasteiger partial charge in [0.2, 0.25) is 5.91 Å². The Morgan fingerprint density at radius 1 is 1.12 bits per heavy atom. The van der Waals surface area contributed by atoms with Gasteiger partial charge in [0.15, 0.2) is 0 Å². The van der Waals surface area contributed by atoms with E-state index in [0.29, 0.717) is 12.1 Å². The highest BCUT2D eigenvalue weighted by molar-refractivity contribution is 14.1. The van der Waals surface area contributed by atoms with Gasteiger partial charge < -0.3 is 10.4 Å². The van der Waals surface area contributed by atoms with E-state index in [1.54, 1.807) is 6.92 Å². The smallest absolute Gasteiger partial charge is 0.307 e. The van der Waals surface area contributed by atoms with E-state index in [9.17, 15) is 14.7 Å². The van der Waals surface area contributed by atoms with Crippen molar-refractivity contribution >= 4 is 40.2 Å². The summed E-state index contributed by atoms with van der Waals surface area (Å²) < 4.78 is 0.918. The number of nitrogens with one attached hydrogen (secondary N) is 1. The standard InChI is InChI=1S/C20H22INO3/c1-12-8-13(2)10-15(9-12)11-16(14(3)20(24)25)19(23)22-18-7-5-4-6-17(18)21/h4-10,14,16H,11H2,1-3H3,(H,22,23)(H,24,25)/t14-,16-/m0/s1. The van der Waals surface area contributed by atoms with Crippen molar-refractivity contribution in [1.29, 1.82) is 0 Å². The van der Waals surface area contributed by atoms with Crippen LogP contribution in [0, 0.1) is 29.3 Å². The number of halogens is 1. The van der Waals surface area contributed by atoms with Gasteiger partial charge >= 0.3 is 5.97 Å². The summed E-state index contributed by atoms with van der Waals surface area (Å²) in [5.74, 6) is -2.65. The molecular formula is C20H22INO3. The molecule has 0 saturated heterocycles. The van der Waals surface area contributed by atoms with Crippen LogP contribution in [0.2, 0.25) is 0 Å². The van der Waals surface area contributed by atoms with Crippen LogP contribution in [0.25, 0.3) is 0 Å². The van der Waals surface area contributed by atoms with Crippen molar-refractivity contribution in [3.63, 3.8) is 0 Å². The predicted octanol–water partition coefficient (Wildman–Crippen LogP) is 4.43. The Labute approximate surface area is 161 Å². The summed E-state index contributed by atoms with van der Waals surface area (Å²) >= 11 is 2.15. The van der Waals surface area contributed by atoms with Crippen molar-refractivity contribution in [3.05, 3.63) is 62.7 Å². The molecular weight excluding hydrogens is 429 g/mol. The minimum atomic E-state index is -0.965. The van der Waals surface area contributed by atoms with Gasteiger partial charge in [-0.3, -0.25) is 9.59 Å². The molecule has 0 aliphatic carbocycles. The lowest BCUT2D eigenvalue weighted by Crippen LogP contribution is -2.34. The molecule has 0 bridgehead atoms. The van der Waals surface area contributed by atoms with Crippen molar-refractivity contribution in [1.82, 2.24) is 0 Å². The maximum atomic E-state index is 12.8. The van der Waals surface area contributed by atoms with Crippen LogP contribution in [0.4, 0.5) is 5.69 Å². The maximum Gasteiger partial charge on any atom is 0.307 e. The number of carbonyl (C=O) groups excluding carboxylic acids is 1. The number of carboxylic acids is 1. The Morgan fingerprint density at radius 2 is 1.72 bits per heavy atom. The topological polar surface area (TPSA) is 66.4 Å². The highest BCUT2D eigenvalue weighted by atomic mass is 127. The number of carboxylic acid groups (broad SMARTS) is 1. The summed E-state index contributed by atoms with van der Waals surface area (Å²) in [6.07, 6.45) is 0.394. The van der Waals surface area contributed by atoms with E-state index in [2.05, 4.69) is 34.0 Å². The number of para-hydroxylation sites is 1. The van der Waals surface area contributed by atoms with Gasteiger partial charge in [-0.25, -0.2) is 0 Å². The molecule has 0 radical (unpaired) electrons. The van der Waals surface area contributed by atoms with Gasteiger partial charge in [-0.1, -0.05) is 48.4 Å². The lowest BCUT2D eigenvalue weighted by Gasteiger charge is -2.21. The molecule has 0 unspecified atom stereocenters. The number of amides is 1. The normalized spacial score (nSPS) is 13.1. The second-order valence-corrected chi connectivity index (χ2v) is 7.56. The first-order valence-corrected chi connectivity index (χ1v) is 9.21. The Morgan fingerprint density at radius 3 is 2.28 bits per heavy atom. The van der Waals surface area contributed by atoms with Gasteiger partial charge in [0.25, 0.3) is 0 Å². The fraction of sp³-hybridized carbons (Fsp3) is 0.300. The zero-order chi connectivity index (χ0) is 18.6. The molecule has 132 valence electrons. The highest BCUT2D eigenvalue weighted by Crippen LogP contribution is 2.24. The van der Waals surface area contributed by atoms with Gasteiger partial charge in [0, 0.05) is 3.57 Å². The first-order valence-electron chi connectivity index (χ1n) is 8.13. The molecule has 2 N–H and O–H groups in total. The third-order valence-corrected chi connectivity index (χ3v) is 5.14. The van der Waals surface area contributed by atoms with Crippen molar-refractivity contribution in [2.75, 3.05) is 5.32 Å². The third kappa shape index (κ3) is 5.29. The van der Waals surface area contributed by atoms with E-state index in [1.165, 1.54) is 0 Å². The number of aliphatic carboxylic acids is 1. The molecule has 0 fully saturated rings. The number of benzene rings is 2. The lowest BCUT2D eigenvalue weighted by atomic mass is 9.86. The molecule has 0 aliphatic rings. The summed E-state index contributed by atoms with van der Waals surface area (Å²) in [6, 6.07) is 13.5. The summed E-state index contributed by atoms with van der Waals surface area (Å²) in [5.41, 5.74) is 3.90. The molecule has 25 heavy (non-hydrogen) atoms. The van der Waals surface area contributed by atoms with Crippen molar-refractivity contribution in [2.45, 2.75) is 27.2 Å². The van der Waals surface area contributed by atoms with Gasteiger partial charge in [-0.15, -0.1) is 0 Å². The molecule has 1 amide bonds. The maximum absolute atomic E-state index is 12.8. The van der Waals surface area contributed by atoms with Crippen molar-refractivity contribution in [3.8, 4) is 0 Å². The number of hydrogen-bond acceptors (Lipinski definition) is 2. The molecule has 2 atom stereocenters. The van der Waals surface area contributed by atoms with E-state index >= 15 is 0 Å². The van der Waals surface area contributed by atoms with Crippen LogP contribution < -0.4 is 5.32 Å². The Balaban J connectivity index is 2.27. The SMILES string of the molecule is Cc1cc(C)cc(C[C@H](C(=O)Nc2ccccc2I)[C@H](C)C(=O)O)c1. The number of rotatable bonds is 6. The van der Waals surface area contributed by atoms with Crippen LogP contribution in [0.3, 0.4) is 0 Å². The summed E-state index contributed by atoms with van der Waals surface area (Å²) in [7, 11) is 0. The second kappa shape index (κ2) is 8.47. The van der Waals surface area contributed by atoms with E-state index in [1.807, 2.05) is 50.2 Å². The predicted molar refractivity (Wildman–Crippen MR) is 108 cm³/mol. The van der Waals surface area contributed by atoms with Gasteiger partial charge in [0.1, 0.15) is 0 Å². The number of aryl methyl sites for hydroxylation is 2. The minimum Gasteiger partial charge on any atom is -0.481 e. The first kappa shape index (κ1) is 19.4. The number of carbonyl (C=O) groups is 2. The third-order valence-electron chi connectivity index (χ3n) is 4.20. The van der Waals surface area contributed by atoms with Crippen LogP contribution in [0.5, 0.6) is 0 Å². The molecule has 0 spiro atoms. The van der Waals surface area contributed by atoms with E-state index in [-0.39, 0.29) is 5.91 Å². The monoisotopic (exact) mass is 451 g/mol. The van der Waals surface area contributed by atoms with Crippen molar-refractivity contribution in [2.24, 2.45) is 11.8 Å². The molecule has 2 aromatic carbocycles. The molecule has 0 saturated carbocycles. The average molecular weight is 451 g/mol. The first-order chi connectivity index (χ1) is 11.8. The van der Waals surface area contributed by atoms with Crippen LogP contribution in [-0.2, 0) is 16.0 Å². The quantitative estimate of drug-likeness (QED) is 0.639. The summed E-state index contributed by atoms with van der Waals surface area (Å²) in [4.78, 5) is 24.3. The van der Waals surface area contributed by atoms with Gasteiger partial charge in [-0.2, -0.15) is 0 Å². The molecule has 0 aliphatic heterocycles. The van der Waals surface area contributed by atoms with Gasteiger partial charge in [-0.05, 0) is 60.6 Å². The molecule has 0 aromatic heterocycles. The van der Waals surface area contributed by atoms with Crippen molar-refractivity contribution < 1.29 is 14.7 Å². The van der Waals surface area contributed by atoms with E-state index in [4.69, 9.17) is 0 Å². The Bertz CT molecular complexity index is 768. The van der Waals surface area contributed by atoms with E-state index in [0.717, 1.165) is 20.3 Å².